The van der Waals surface area contributed by atoms with Crippen LogP contribution in [0, 0.1) is 11.3 Å². The van der Waals surface area contributed by atoms with E-state index >= 15 is 0 Å². The number of aliphatic hydroxyl groups is 1. The van der Waals surface area contributed by atoms with Crippen LogP contribution in [-0.4, -0.2) is 102 Å². The van der Waals surface area contributed by atoms with E-state index in [1.54, 1.807) is 21.3 Å². The van der Waals surface area contributed by atoms with Crippen LogP contribution < -0.4 is 5.32 Å². The Morgan fingerprint density at radius 1 is 1.19 bits per heavy atom. The molecule has 0 aromatic rings. The maximum absolute atomic E-state index is 13.2. The summed E-state index contributed by atoms with van der Waals surface area (Å²) in [5.74, 6) is -2.15. The molecule has 0 aliphatic carbocycles. The van der Waals surface area contributed by atoms with Crippen LogP contribution in [0.2, 0.25) is 0 Å². The van der Waals surface area contributed by atoms with Crippen molar-refractivity contribution in [2.24, 2.45) is 11.3 Å². The summed E-state index contributed by atoms with van der Waals surface area (Å²) in [6.07, 6.45) is -2.63. The quantitative estimate of drug-likeness (QED) is 0.296. The zero-order chi connectivity index (χ0) is 27.3. The standard InChI is InChI=1S/C26H47NO9/c1-15-13-26(34-10,36-17(3)16(15)2)22(28)23(29)27-24(33-9)19-12-20(32-8)25(4,5)21(35-19)11-18(31-7)14-30-6/h16-22,24,28H,1,11-14H2,2-10H3,(H,27,29)/t16-,17-,18+,19+,20-,21-,22-,24+,26-/m1/s1. The van der Waals surface area contributed by atoms with E-state index in [4.69, 9.17) is 33.2 Å². The number of hydrogen-bond donors (Lipinski definition) is 2. The number of ether oxygens (including phenoxy) is 7. The van der Waals surface area contributed by atoms with Gasteiger partial charge in [-0.25, -0.2) is 0 Å². The monoisotopic (exact) mass is 517 g/mol. The maximum Gasteiger partial charge on any atom is 0.256 e. The number of rotatable bonds is 12. The molecule has 1 amide bonds. The predicted molar refractivity (Wildman–Crippen MR) is 133 cm³/mol. The zero-order valence-electron chi connectivity index (χ0n) is 23.4. The summed E-state index contributed by atoms with van der Waals surface area (Å²) in [5, 5.41) is 13.8. The highest BCUT2D eigenvalue weighted by Crippen LogP contribution is 2.42. The molecule has 2 heterocycles. The Bertz CT molecular complexity index is 732. The fourth-order valence-corrected chi connectivity index (χ4v) is 5.16. The number of amides is 1. The largest absolute Gasteiger partial charge is 0.382 e. The summed E-state index contributed by atoms with van der Waals surface area (Å²) < 4.78 is 40.4. The zero-order valence-corrected chi connectivity index (χ0v) is 23.4. The smallest absolute Gasteiger partial charge is 0.256 e. The van der Waals surface area contributed by atoms with Crippen molar-refractivity contribution < 1.29 is 43.1 Å². The van der Waals surface area contributed by atoms with E-state index in [1.165, 1.54) is 14.2 Å². The molecule has 0 aromatic heterocycles. The minimum absolute atomic E-state index is 0.0752. The number of carbonyl (C=O) groups is 1. The first-order chi connectivity index (χ1) is 16.9. The molecule has 0 unspecified atom stereocenters. The molecular weight excluding hydrogens is 470 g/mol. The lowest BCUT2D eigenvalue weighted by atomic mass is 9.74. The summed E-state index contributed by atoms with van der Waals surface area (Å²) >= 11 is 0. The fourth-order valence-electron chi connectivity index (χ4n) is 5.16. The van der Waals surface area contributed by atoms with Crippen molar-refractivity contribution in [1.82, 2.24) is 5.32 Å². The van der Waals surface area contributed by atoms with Crippen LogP contribution in [0.25, 0.3) is 0 Å². The number of methoxy groups -OCH3 is 5. The Morgan fingerprint density at radius 2 is 1.86 bits per heavy atom. The lowest BCUT2D eigenvalue weighted by Crippen LogP contribution is -2.62. The summed E-state index contributed by atoms with van der Waals surface area (Å²) in [7, 11) is 7.82. The molecule has 2 aliphatic heterocycles. The van der Waals surface area contributed by atoms with Crippen molar-refractivity contribution in [1.29, 1.82) is 0 Å². The van der Waals surface area contributed by atoms with Gasteiger partial charge in [-0.15, -0.1) is 0 Å². The Morgan fingerprint density at radius 3 is 2.36 bits per heavy atom. The summed E-state index contributed by atoms with van der Waals surface area (Å²) in [5.41, 5.74) is 0.513. The molecule has 0 spiro atoms. The van der Waals surface area contributed by atoms with E-state index in [2.05, 4.69) is 25.7 Å². The van der Waals surface area contributed by atoms with Crippen molar-refractivity contribution in [3.63, 3.8) is 0 Å². The lowest BCUT2D eigenvalue weighted by Gasteiger charge is -2.49. The maximum atomic E-state index is 13.2. The summed E-state index contributed by atoms with van der Waals surface area (Å²) in [6.45, 7) is 12.5. The van der Waals surface area contributed by atoms with Gasteiger partial charge in [0, 0.05) is 66.1 Å². The normalized spacial score (nSPS) is 35.2. The van der Waals surface area contributed by atoms with E-state index in [9.17, 15) is 9.90 Å². The van der Waals surface area contributed by atoms with Gasteiger partial charge in [-0.2, -0.15) is 0 Å². The average Bonchev–Trinajstić information content (AvgIpc) is 2.85. The van der Waals surface area contributed by atoms with Crippen molar-refractivity contribution in [3.8, 4) is 0 Å². The van der Waals surface area contributed by atoms with Gasteiger partial charge < -0.3 is 43.6 Å². The first kappa shape index (κ1) is 31.1. The summed E-state index contributed by atoms with van der Waals surface area (Å²) in [6, 6.07) is 0. The van der Waals surface area contributed by atoms with E-state index in [0.29, 0.717) is 19.4 Å². The number of hydrogen-bond acceptors (Lipinski definition) is 9. The van der Waals surface area contributed by atoms with Gasteiger partial charge in [0.25, 0.3) is 5.91 Å². The molecule has 2 aliphatic rings. The Kier molecular flexibility index (Phi) is 11.3. The van der Waals surface area contributed by atoms with Crippen molar-refractivity contribution in [2.45, 2.75) is 95.6 Å². The highest BCUT2D eigenvalue weighted by atomic mass is 16.7. The molecule has 0 radical (unpaired) electrons. The molecule has 0 bridgehead atoms. The van der Waals surface area contributed by atoms with Gasteiger partial charge in [-0.05, 0) is 6.92 Å². The molecule has 10 nitrogen and oxygen atoms in total. The molecule has 9 atom stereocenters. The van der Waals surface area contributed by atoms with Crippen LogP contribution in [0.15, 0.2) is 12.2 Å². The van der Waals surface area contributed by atoms with Crippen molar-refractivity contribution >= 4 is 5.91 Å². The topological polar surface area (TPSA) is 114 Å². The number of carbonyl (C=O) groups excluding carboxylic acids is 1. The third-order valence-electron chi connectivity index (χ3n) is 7.99. The van der Waals surface area contributed by atoms with Gasteiger partial charge in [-0.1, -0.05) is 32.9 Å². The second-order valence-electron chi connectivity index (χ2n) is 10.5. The molecule has 2 fully saturated rings. The third kappa shape index (κ3) is 6.66. The fraction of sp³-hybridized carbons (Fsp3) is 0.885. The highest BCUT2D eigenvalue weighted by Gasteiger charge is 2.52. The lowest BCUT2D eigenvalue weighted by molar-refractivity contribution is -0.298. The van der Waals surface area contributed by atoms with Gasteiger partial charge in [0.2, 0.25) is 5.79 Å². The molecule has 2 rings (SSSR count). The Balaban J connectivity index is 2.20. The first-order valence-corrected chi connectivity index (χ1v) is 12.5. The molecular formula is C26H47NO9. The van der Waals surface area contributed by atoms with Gasteiger partial charge in [-0.3, -0.25) is 4.79 Å². The first-order valence-electron chi connectivity index (χ1n) is 12.5. The van der Waals surface area contributed by atoms with Gasteiger partial charge >= 0.3 is 0 Å². The van der Waals surface area contributed by atoms with Gasteiger partial charge in [0.15, 0.2) is 12.3 Å². The molecule has 0 saturated carbocycles. The Labute approximate surface area is 215 Å². The van der Waals surface area contributed by atoms with E-state index < -0.39 is 30.1 Å². The average molecular weight is 518 g/mol. The van der Waals surface area contributed by atoms with Crippen LogP contribution in [0.4, 0.5) is 0 Å². The van der Waals surface area contributed by atoms with Crippen LogP contribution in [0.1, 0.15) is 47.0 Å². The highest BCUT2D eigenvalue weighted by molar-refractivity contribution is 5.82. The second kappa shape index (κ2) is 13.1. The van der Waals surface area contributed by atoms with Crippen molar-refractivity contribution in [3.05, 3.63) is 12.2 Å². The summed E-state index contributed by atoms with van der Waals surface area (Å²) in [4.78, 5) is 13.2. The van der Waals surface area contributed by atoms with E-state index in [-0.39, 0.29) is 42.2 Å². The van der Waals surface area contributed by atoms with Crippen LogP contribution in [-0.2, 0) is 38.0 Å². The minimum atomic E-state index is -1.61. The second-order valence-corrected chi connectivity index (χ2v) is 10.5. The van der Waals surface area contributed by atoms with Crippen LogP contribution in [0.5, 0.6) is 0 Å². The van der Waals surface area contributed by atoms with E-state index in [0.717, 1.165) is 5.57 Å². The number of aliphatic hydroxyl groups excluding tert-OH is 1. The Hall–Kier alpha value is -1.11. The van der Waals surface area contributed by atoms with Gasteiger partial charge in [0.05, 0.1) is 31.0 Å². The van der Waals surface area contributed by atoms with Gasteiger partial charge in [0.1, 0.15) is 6.10 Å². The predicted octanol–water partition coefficient (Wildman–Crippen LogP) is 2.03. The molecule has 10 heteroatoms. The molecule has 0 aromatic carbocycles. The van der Waals surface area contributed by atoms with Crippen LogP contribution >= 0.6 is 0 Å². The molecule has 2 saturated heterocycles. The van der Waals surface area contributed by atoms with E-state index in [1.807, 2.05) is 13.8 Å². The molecule has 210 valence electrons. The SMILES string of the molecule is C=C1C[C@](OC)([C@H](O)C(=O)N[C@@H](OC)[C@@H]2C[C@@H](OC)C(C)(C)[C@@H](C[C@@H](COC)OC)O2)O[C@H](C)[C@@H]1C. The third-order valence-corrected chi connectivity index (χ3v) is 7.99. The van der Waals surface area contributed by atoms with Crippen LogP contribution in [0.3, 0.4) is 0 Å². The van der Waals surface area contributed by atoms with Crippen molar-refractivity contribution in [2.75, 3.05) is 42.2 Å². The number of nitrogens with one attached hydrogen (secondary N) is 1. The molecule has 2 N–H and O–H groups in total. The minimum Gasteiger partial charge on any atom is -0.382 e. The molecule has 36 heavy (non-hydrogen) atoms.